The third-order valence-corrected chi connectivity index (χ3v) is 4.82. The quantitative estimate of drug-likeness (QED) is 0.794. The number of alkyl carbamates (subject to hydrolysis) is 1. The van der Waals surface area contributed by atoms with E-state index in [9.17, 15) is 14.7 Å². The Balaban J connectivity index is 1.79. The number of ether oxygens (including phenoxy) is 1. The number of phenols is 1. The van der Waals surface area contributed by atoms with Crippen molar-refractivity contribution in [3.63, 3.8) is 0 Å². The molecule has 0 saturated carbocycles. The average Bonchev–Trinajstić information content (AvgIpc) is 2.56. The molecule has 0 unspecified atom stereocenters. The van der Waals surface area contributed by atoms with E-state index in [4.69, 9.17) is 16.3 Å². The van der Waals surface area contributed by atoms with Gasteiger partial charge in [0.25, 0.3) is 0 Å². The van der Waals surface area contributed by atoms with Gasteiger partial charge in [-0.1, -0.05) is 17.7 Å². The maximum absolute atomic E-state index is 12.6. The molecule has 1 saturated heterocycles. The first kappa shape index (κ1) is 21.4. The molecule has 1 aliphatic rings. The van der Waals surface area contributed by atoms with Gasteiger partial charge < -0.3 is 20.1 Å². The number of carbonyl (C=O) groups is 2. The van der Waals surface area contributed by atoms with Crippen LogP contribution in [0.5, 0.6) is 5.75 Å². The van der Waals surface area contributed by atoms with Crippen LogP contribution in [0, 0.1) is 5.92 Å². The monoisotopic (exact) mass is 396 g/mol. The van der Waals surface area contributed by atoms with E-state index in [0.29, 0.717) is 29.6 Å². The predicted molar refractivity (Wildman–Crippen MR) is 105 cm³/mol. The number of rotatable bonds is 5. The molecule has 1 aromatic carbocycles. The standard InChI is InChI=1S/C20H29ClN2O4/c1-20(2,3)27-19(26)22-9-8-14-5-4-10-23(13-14)18(25)11-15-6-7-16(24)12-17(15)21/h6-7,12,14,24H,4-5,8-11,13H2,1-3H3,(H,22,26)/t14-/m1/s1. The highest BCUT2D eigenvalue weighted by Crippen LogP contribution is 2.24. The Labute approximate surface area is 165 Å². The highest BCUT2D eigenvalue weighted by atomic mass is 35.5. The average molecular weight is 397 g/mol. The molecule has 1 aliphatic heterocycles. The van der Waals surface area contributed by atoms with E-state index in [1.54, 1.807) is 6.07 Å². The van der Waals surface area contributed by atoms with Crippen molar-refractivity contribution in [3.05, 3.63) is 28.8 Å². The molecule has 6 nitrogen and oxygen atoms in total. The summed E-state index contributed by atoms with van der Waals surface area (Å²) in [7, 11) is 0. The van der Waals surface area contributed by atoms with Crippen LogP contribution in [0.1, 0.15) is 45.6 Å². The fourth-order valence-electron chi connectivity index (χ4n) is 3.17. The second kappa shape index (κ2) is 9.31. The van der Waals surface area contributed by atoms with Gasteiger partial charge in [-0.3, -0.25) is 4.79 Å². The van der Waals surface area contributed by atoms with Crippen molar-refractivity contribution in [2.45, 2.75) is 52.1 Å². The Hall–Kier alpha value is -1.95. The van der Waals surface area contributed by atoms with Crippen LogP contribution in [0.2, 0.25) is 5.02 Å². The van der Waals surface area contributed by atoms with E-state index in [0.717, 1.165) is 25.8 Å². The smallest absolute Gasteiger partial charge is 0.407 e. The highest BCUT2D eigenvalue weighted by Gasteiger charge is 2.24. The van der Waals surface area contributed by atoms with Crippen molar-refractivity contribution in [3.8, 4) is 5.75 Å². The summed E-state index contributed by atoms with van der Waals surface area (Å²) in [5, 5.41) is 12.6. The zero-order valence-corrected chi connectivity index (χ0v) is 17.0. The first-order valence-corrected chi connectivity index (χ1v) is 9.74. The predicted octanol–water partition coefficient (Wildman–Crippen LogP) is 3.74. The number of nitrogens with one attached hydrogen (secondary N) is 1. The number of hydrogen-bond donors (Lipinski definition) is 2. The number of halogens is 1. The number of likely N-dealkylation sites (tertiary alicyclic amines) is 1. The van der Waals surface area contributed by atoms with Crippen LogP contribution in [0.25, 0.3) is 0 Å². The number of nitrogens with zero attached hydrogens (tertiary/aromatic N) is 1. The van der Waals surface area contributed by atoms with Gasteiger partial charge in [0.05, 0.1) is 6.42 Å². The van der Waals surface area contributed by atoms with Crippen LogP contribution >= 0.6 is 11.6 Å². The molecular formula is C20H29ClN2O4. The lowest BCUT2D eigenvalue weighted by Gasteiger charge is -2.33. The fourth-order valence-corrected chi connectivity index (χ4v) is 3.42. The summed E-state index contributed by atoms with van der Waals surface area (Å²) in [4.78, 5) is 26.2. The largest absolute Gasteiger partial charge is 0.508 e. The number of benzene rings is 1. The molecule has 1 aromatic rings. The summed E-state index contributed by atoms with van der Waals surface area (Å²) in [6.07, 6.45) is 2.62. The molecule has 2 N–H and O–H groups in total. The lowest BCUT2D eigenvalue weighted by molar-refractivity contribution is -0.132. The molecule has 1 fully saturated rings. The number of hydrogen-bond acceptors (Lipinski definition) is 4. The Morgan fingerprint density at radius 2 is 2.11 bits per heavy atom. The maximum Gasteiger partial charge on any atom is 0.407 e. The molecule has 2 rings (SSSR count). The fraction of sp³-hybridized carbons (Fsp3) is 0.600. The minimum atomic E-state index is -0.506. The number of amides is 2. The van der Waals surface area contributed by atoms with Crippen molar-refractivity contribution in [2.24, 2.45) is 5.92 Å². The summed E-state index contributed by atoms with van der Waals surface area (Å²) >= 11 is 6.10. The van der Waals surface area contributed by atoms with E-state index in [1.807, 2.05) is 25.7 Å². The normalized spacial score (nSPS) is 17.5. The van der Waals surface area contributed by atoms with Crippen LogP contribution in [0.4, 0.5) is 4.79 Å². The Bertz CT molecular complexity index is 672. The lowest BCUT2D eigenvalue weighted by atomic mass is 9.94. The summed E-state index contributed by atoms with van der Waals surface area (Å²) in [5.74, 6) is 0.479. The van der Waals surface area contributed by atoms with Crippen molar-refractivity contribution in [1.29, 1.82) is 0 Å². The summed E-state index contributed by atoms with van der Waals surface area (Å²) in [6, 6.07) is 4.67. The van der Waals surface area contributed by atoms with Gasteiger partial charge in [0, 0.05) is 24.7 Å². The zero-order valence-electron chi connectivity index (χ0n) is 16.3. The summed E-state index contributed by atoms with van der Waals surface area (Å²) in [6.45, 7) is 7.45. The Morgan fingerprint density at radius 3 is 2.78 bits per heavy atom. The maximum atomic E-state index is 12.6. The second-order valence-corrected chi connectivity index (χ2v) is 8.43. The zero-order chi connectivity index (χ0) is 20.0. The third-order valence-electron chi connectivity index (χ3n) is 4.47. The van der Waals surface area contributed by atoms with Crippen molar-refractivity contribution >= 4 is 23.6 Å². The van der Waals surface area contributed by atoms with Crippen LogP contribution in [0.3, 0.4) is 0 Å². The Morgan fingerprint density at radius 1 is 1.37 bits per heavy atom. The molecule has 27 heavy (non-hydrogen) atoms. The second-order valence-electron chi connectivity index (χ2n) is 8.02. The molecule has 1 heterocycles. The van der Waals surface area contributed by atoms with Crippen LogP contribution < -0.4 is 5.32 Å². The molecule has 0 aromatic heterocycles. The third kappa shape index (κ3) is 7.29. The topological polar surface area (TPSA) is 78.9 Å². The van der Waals surface area contributed by atoms with Gasteiger partial charge in [0.1, 0.15) is 11.4 Å². The molecule has 2 amide bonds. The van der Waals surface area contributed by atoms with Gasteiger partial charge in [-0.25, -0.2) is 4.79 Å². The molecular weight excluding hydrogens is 368 g/mol. The van der Waals surface area contributed by atoms with Gasteiger partial charge in [0.15, 0.2) is 0 Å². The van der Waals surface area contributed by atoms with Gasteiger partial charge in [-0.05, 0) is 63.6 Å². The summed E-state index contributed by atoms with van der Waals surface area (Å²) < 4.78 is 5.23. The number of carbonyl (C=O) groups excluding carboxylic acids is 2. The molecule has 1 atom stereocenters. The molecule has 150 valence electrons. The van der Waals surface area contributed by atoms with E-state index in [1.165, 1.54) is 12.1 Å². The van der Waals surface area contributed by atoms with Crippen LogP contribution in [-0.2, 0) is 16.0 Å². The van der Waals surface area contributed by atoms with Gasteiger partial charge in [-0.15, -0.1) is 0 Å². The minimum absolute atomic E-state index is 0.0346. The molecule has 0 spiro atoms. The van der Waals surface area contributed by atoms with E-state index in [-0.39, 0.29) is 18.1 Å². The summed E-state index contributed by atoms with van der Waals surface area (Å²) in [5.41, 5.74) is 0.210. The molecule has 0 bridgehead atoms. The number of piperidine rings is 1. The number of phenolic OH excluding ortho intramolecular Hbond substituents is 1. The molecule has 7 heteroatoms. The Kier molecular flexibility index (Phi) is 7.36. The van der Waals surface area contributed by atoms with Crippen molar-refractivity contribution < 1.29 is 19.4 Å². The van der Waals surface area contributed by atoms with Gasteiger partial charge in [-0.2, -0.15) is 0 Å². The van der Waals surface area contributed by atoms with Gasteiger partial charge in [0.2, 0.25) is 5.91 Å². The minimum Gasteiger partial charge on any atom is -0.508 e. The van der Waals surface area contributed by atoms with E-state index in [2.05, 4.69) is 5.32 Å². The van der Waals surface area contributed by atoms with E-state index >= 15 is 0 Å². The van der Waals surface area contributed by atoms with E-state index < -0.39 is 11.7 Å². The highest BCUT2D eigenvalue weighted by molar-refractivity contribution is 6.31. The van der Waals surface area contributed by atoms with Crippen LogP contribution in [-0.4, -0.2) is 47.2 Å². The van der Waals surface area contributed by atoms with Crippen molar-refractivity contribution in [2.75, 3.05) is 19.6 Å². The first-order valence-electron chi connectivity index (χ1n) is 9.36. The molecule has 0 radical (unpaired) electrons. The van der Waals surface area contributed by atoms with Gasteiger partial charge >= 0.3 is 6.09 Å². The lowest BCUT2D eigenvalue weighted by Crippen LogP contribution is -2.42. The number of aromatic hydroxyl groups is 1. The molecule has 0 aliphatic carbocycles. The first-order chi connectivity index (χ1) is 12.6. The SMILES string of the molecule is CC(C)(C)OC(=O)NCC[C@H]1CCCN(C(=O)Cc2ccc(O)cc2Cl)C1. The van der Waals surface area contributed by atoms with Crippen molar-refractivity contribution in [1.82, 2.24) is 10.2 Å². The van der Waals surface area contributed by atoms with Crippen LogP contribution in [0.15, 0.2) is 18.2 Å².